The summed E-state index contributed by atoms with van der Waals surface area (Å²) in [6.45, 7) is 6.01. The monoisotopic (exact) mass is 391 g/mol. The number of anilines is 1. The SMILES string of the molecule is CCSc1nnc(NC(=O)c2sc3nc(C4CC4)nc(C)c3c2C)s1. The molecule has 3 aromatic heterocycles. The Morgan fingerprint density at radius 2 is 2.04 bits per heavy atom. The molecule has 130 valence electrons. The van der Waals surface area contributed by atoms with E-state index >= 15 is 0 Å². The van der Waals surface area contributed by atoms with Crippen molar-refractivity contribution in [3.63, 3.8) is 0 Å². The average Bonchev–Trinajstić information content (AvgIpc) is 3.25. The number of thiophene rings is 1. The number of carbonyl (C=O) groups is 1. The van der Waals surface area contributed by atoms with E-state index in [1.54, 1.807) is 11.8 Å². The van der Waals surface area contributed by atoms with Gasteiger partial charge in [-0.05, 0) is 38.0 Å². The summed E-state index contributed by atoms with van der Waals surface area (Å²) in [6, 6.07) is 0. The molecule has 1 amide bonds. The zero-order chi connectivity index (χ0) is 17.6. The highest BCUT2D eigenvalue weighted by Crippen LogP contribution is 2.40. The molecule has 0 radical (unpaired) electrons. The number of aryl methyl sites for hydroxylation is 2. The maximum atomic E-state index is 12.7. The Bertz CT molecular complexity index is 960. The van der Waals surface area contributed by atoms with Crippen molar-refractivity contribution in [1.29, 1.82) is 0 Å². The van der Waals surface area contributed by atoms with Crippen LogP contribution in [-0.4, -0.2) is 31.8 Å². The lowest BCUT2D eigenvalue weighted by atomic mass is 10.1. The Balaban J connectivity index is 1.64. The topological polar surface area (TPSA) is 80.7 Å². The van der Waals surface area contributed by atoms with Crippen LogP contribution in [0.5, 0.6) is 0 Å². The highest BCUT2D eigenvalue weighted by Gasteiger charge is 2.28. The number of amides is 1. The number of hydrogen-bond donors (Lipinski definition) is 1. The van der Waals surface area contributed by atoms with E-state index in [0.717, 1.165) is 50.2 Å². The van der Waals surface area contributed by atoms with E-state index in [2.05, 4.69) is 27.4 Å². The summed E-state index contributed by atoms with van der Waals surface area (Å²) in [7, 11) is 0. The first-order valence-corrected chi connectivity index (χ1v) is 10.7. The van der Waals surface area contributed by atoms with Gasteiger partial charge in [0.05, 0.1) is 10.6 Å². The Kier molecular flexibility index (Phi) is 4.47. The zero-order valence-electron chi connectivity index (χ0n) is 14.1. The lowest BCUT2D eigenvalue weighted by Gasteiger charge is -2.02. The van der Waals surface area contributed by atoms with Crippen LogP contribution >= 0.6 is 34.4 Å². The minimum Gasteiger partial charge on any atom is -0.296 e. The van der Waals surface area contributed by atoms with E-state index < -0.39 is 0 Å². The van der Waals surface area contributed by atoms with Gasteiger partial charge in [-0.15, -0.1) is 21.5 Å². The minimum absolute atomic E-state index is 0.155. The molecule has 3 aromatic rings. The van der Waals surface area contributed by atoms with Gasteiger partial charge in [0, 0.05) is 11.3 Å². The molecule has 6 nitrogen and oxygen atoms in total. The second-order valence-electron chi connectivity index (χ2n) is 5.94. The summed E-state index contributed by atoms with van der Waals surface area (Å²) < 4.78 is 0.863. The van der Waals surface area contributed by atoms with Crippen molar-refractivity contribution in [3.05, 3.63) is 22.0 Å². The Morgan fingerprint density at radius 3 is 2.76 bits per heavy atom. The molecular weight excluding hydrogens is 374 g/mol. The highest BCUT2D eigenvalue weighted by atomic mass is 32.2. The van der Waals surface area contributed by atoms with Gasteiger partial charge in [-0.25, -0.2) is 9.97 Å². The molecule has 4 rings (SSSR count). The van der Waals surface area contributed by atoms with Crippen LogP contribution in [0.2, 0.25) is 0 Å². The fourth-order valence-corrected chi connectivity index (χ4v) is 5.47. The number of nitrogens with one attached hydrogen (secondary N) is 1. The molecular formula is C16H17N5OS3. The number of rotatable bonds is 5. The fraction of sp³-hybridized carbons (Fsp3) is 0.438. The molecule has 25 heavy (non-hydrogen) atoms. The molecule has 1 N–H and O–H groups in total. The van der Waals surface area contributed by atoms with Crippen molar-refractivity contribution in [1.82, 2.24) is 20.2 Å². The first-order valence-electron chi connectivity index (χ1n) is 8.12. The van der Waals surface area contributed by atoms with Crippen molar-refractivity contribution in [3.8, 4) is 0 Å². The summed E-state index contributed by atoms with van der Waals surface area (Å²) >= 11 is 4.44. The van der Waals surface area contributed by atoms with Gasteiger partial charge >= 0.3 is 0 Å². The van der Waals surface area contributed by atoms with Crippen molar-refractivity contribution in [2.45, 2.75) is 43.9 Å². The van der Waals surface area contributed by atoms with Crippen LogP contribution in [0.4, 0.5) is 5.13 Å². The molecule has 0 aliphatic heterocycles. The highest BCUT2D eigenvalue weighted by molar-refractivity contribution is 8.01. The van der Waals surface area contributed by atoms with E-state index in [9.17, 15) is 4.79 Å². The van der Waals surface area contributed by atoms with E-state index in [1.807, 2.05) is 13.8 Å². The third-order valence-electron chi connectivity index (χ3n) is 4.03. The van der Waals surface area contributed by atoms with Crippen LogP contribution in [0.3, 0.4) is 0 Å². The molecule has 0 saturated heterocycles. The van der Waals surface area contributed by atoms with Crippen LogP contribution in [0.15, 0.2) is 4.34 Å². The third kappa shape index (κ3) is 3.28. The third-order valence-corrected chi connectivity index (χ3v) is 7.07. The van der Waals surface area contributed by atoms with Gasteiger partial charge in [0.2, 0.25) is 5.13 Å². The second-order valence-corrected chi connectivity index (χ2v) is 9.43. The van der Waals surface area contributed by atoms with Crippen molar-refractivity contribution in [2.75, 3.05) is 11.1 Å². The molecule has 0 bridgehead atoms. The van der Waals surface area contributed by atoms with E-state index in [1.165, 1.54) is 22.7 Å². The van der Waals surface area contributed by atoms with Gasteiger partial charge in [-0.2, -0.15) is 0 Å². The van der Waals surface area contributed by atoms with Gasteiger partial charge in [0.1, 0.15) is 10.7 Å². The van der Waals surface area contributed by atoms with Gasteiger partial charge in [0.15, 0.2) is 4.34 Å². The number of nitrogens with zero attached hydrogens (tertiary/aromatic N) is 4. The standard InChI is InChI=1S/C16H17N5OS3/c1-4-23-16-21-20-15(25-16)19-13(22)11-7(2)10-8(3)17-12(9-5-6-9)18-14(10)24-11/h9H,4-6H2,1-3H3,(H,19,20,22). The molecule has 0 unspecified atom stereocenters. The Labute approximate surface area is 157 Å². The normalized spacial score (nSPS) is 14.2. The van der Waals surface area contributed by atoms with Crippen LogP contribution in [0.1, 0.15) is 52.4 Å². The summed E-state index contributed by atoms with van der Waals surface area (Å²) in [5, 5.41) is 12.5. The van der Waals surface area contributed by atoms with E-state index in [4.69, 9.17) is 4.98 Å². The Morgan fingerprint density at radius 1 is 1.24 bits per heavy atom. The quantitative estimate of drug-likeness (QED) is 0.513. The van der Waals surface area contributed by atoms with Crippen LogP contribution in [0.25, 0.3) is 10.2 Å². The van der Waals surface area contributed by atoms with Crippen LogP contribution in [-0.2, 0) is 0 Å². The summed E-state index contributed by atoms with van der Waals surface area (Å²) in [6.07, 6.45) is 2.33. The summed E-state index contributed by atoms with van der Waals surface area (Å²) in [5.74, 6) is 2.19. The molecule has 0 aromatic carbocycles. The smallest absolute Gasteiger partial charge is 0.267 e. The van der Waals surface area contributed by atoms with E-state index in [0.29, 0.717) is 15.9 Å². The van der Waals surface area contributed by atoms with E-state index in [-0.39, 0.29) is 5.91 Å². The molecule has 1 fully saturated rings. The molecule has 0 spiro atoms. The summed E-state index contributed by atoms with van der Waals surface area (Å²) in [4.78, 5) is 23.6. The molecule has 9 heteroatoms. The van der Waals surface area contributed by atoms with Crippen LogP contribution in [0, 0.1) is 13.8 Å². The van der Waals surface area contributed by atoms with Gasteiger partial charge < -0.3 is 0 Å². The predicted octanol–water partition coefficient (Wildman–Crippen LogP) is 4.40. The molecule has 1 saturated carbocycles. The number of fused-ring (bicyclic) bond motifs is 1. The largest absolute Gasteiger partial charge is 0.296 e. The zero-order valence-corrected chi connectivity index (χ0v) is 16.6. The van der Waals surface area contributed by atoms with Crippen molar-refractivity contribution >= 4 is 55.7 Å². The fourth-order valence-electron chi connectivity index (χ4n) is 2.70. The van der Waals surface area contributed by atoms with Gasteiger partial charge in [-0.3, -0.25) is 10.1 Å². The predicted molar refractivity (Wildman–Crippen MR) is 103 cm³/mol. The van der Waals surface area contributed by atoms with Crippen molar-refractivity contribution in [2.24, 2.45) is 0 Å². The molecule has 1 aliphatic rings. The molecule has 1 aliphatic carbocycles. The lowest BCUT2D eigenvalue weighted by molar-refractivity contribution is 0.103. The maximum absolute atomic E-state index is 12.7. The summed E-state index contributed by atoms with van der Waals surface area (Å²) in [5.41, 5.74) is 1.89. The Hall–Kier alpha value is -1.58. The van der Waals surface area contributed by atoms with Gasteiger partial charge in [-0.1, -0.05) is 30.0 Å². The van der Waals surface area contributed by atoms with Crippen LogP contribution < -0.4 is 5.32 Å². The number of thioether (sulfide) groups is 1. The maximum Gasteiger partial charge on any atom is 0.267 e. The number of aromatic nitrogens is 4. The lowest BCUT2D eigenvalue weighted by Crippen LogP contribution is -2.11. The van der Waals surface area contributed by atoms with Gasteiger partial charge in [0.25, 0.3) is 5.91 Å². The first-order chi connectivity index (χ1) is 12.1. The molecule has 3 heterocycles. The average molecular weight is 392 g/mol. The number of hydrogen-bond acceptors (Lipinski definition) is 8. The minimum atomic E-state index is -0.155. The number of carbonyl (C=O) groups excluding carboxylic acids is 1. The first kappa shape index (κ1) is 16.9. The van der Waals surface area contributed by atoms with Crippen molar-refractivity contribution < 1.29 is 4.79 Å². The molecule has 0 atom stereocenters. The second kappa shape index (κ2) is 6.62.